The molecule has 0 saturated carbocycles. The molecule has 2 fully saturated rings. The maximum absolute atomic E-state index is 12.5. The minimum Gasteiger partial charge on any atom is -0.314 e. The van der Waals surface area contributed by atoms with E-state index in [4.69, 9.17) is 0 Å². The smallest absolute Gasteiger partial charge is 0.215 e. The van der Waals surface area contributed by atoms with E-state index in [2.05, 4.69) is 22.0 Å². The summed E-state index contributed by atoms with van der Waals surface area (Å²) in [4.78, 5) is 4.37. The monoisotopic (exact) mass is 304 g/mol. The minimum absolute atomic E-state index is 0.250. The Bertz CT molecular complexity index is 407. The van der Waals surface area contributed by atoms with Crippen LogP contribution in [0.1, 0.15) is 6.92 Å². The number of hydrogen-bond acceptors (Lipinski definition) is 5. The lowest BCUT2D eigenvalue weighted by atomic mass is 10.1. The van der Waals surface area contributed by atoms with E-state index < -0.39 is 10.0 Å². The molecule has 0 radical (unpaired) electrons. The lowest BCUT2D eigenvalue weighted by Crippen LogP contribution is -2.46. The van der Waals surface area contributed by atoms with Crippen LogP contribution in [-0.4, -0.2) is 94.2 Å². The Morgan fingerprint density at radius 3 is 2.40 bits per heavy atom. The largest absolute Gasteiger partial charge is 0.314 e. The summed E-state index contributed by atoms with van der Waals surface area (Å²) in [6, 6.07) is 0.337. The molecular formula is C13H28N4O2S. The van der Waals surface area contributed by atoms with Gasteiger partial charge < -0.3 is 10.2 Å². The normalized spacial score (nSPS) is 30.2. The number of nitrogens with zero attached hydrogens (tertiary/aromatic N) is 3. The molecule has 0 aromatic rings. The molecule has 6 nitrogen and oxygen atoms in total. The molecule has 2 aliphatic rings. The van der Waals surface area contributed by atoms with Crippen LogP contribution in [0.4, 0.5) is 0 Å². The maximum atomic E-state index is 12.5. The molecule has 2 atom stereocenters. The predicted molar refractivity (Wildman–Crippen MR) is 81.3 cm³/mol. The fourth-order valence-electron chi connectivity index (χ4n) is 3.11. The average Bonchev–Trinajstić information content (AvgIpc) is 2.81. The van der Waals surface area contributed by atoms with Crippen LogP contribution in [0.3, 0.4) is 0 Å². The number of likely N-dealkylation sites (N-methyl/N-ethyl adjacent to an activating group) is 1. The number of sulfonamides is 1. The van der Waals surface area contributed by atoms with E-state index in [1.165, 1.54) is 0 Å². The van der Waals surface area contributed by atoms with E-state index >= 15 is 0 Å². The van der Waals surface area contributed by atoms with Crippen molar-refractivity contribution < 1.29 is 8.42 Å². The van der Waals surface area contributed by atoms with Gasteiger partial charge in [0.2, 0.25) is 10.0 Å². The van der Waals surface area contributed by atoms with Crippen LogP contribution in [-0.2, 0) is 10.0 Å². The van der Waals surface area contributed by atoms with Crippen molar-refractivity contribution in [2.45, 2.75) is 13.0 Å². The summed E-state index contributed by atoms with van der Waals surface area (Å²) in [7, 11) is 0.937. The summed E-state index contributed by atoms with van der Waals surface area (Å²) in [5.74, 6) is 0.652. The Hall–Kier alpha value is -0.210. The lowest BCUT2D eigenvalue weighted by molar-refractivity contribution is 0.252. The lowest BCUT2D eigenvalue weighted by Gasteiger charge is -2.28. The van der Waals surface area contributed by atoms with Crippen molar-refractivity contribution >= 4 is 10.0 Å². The highest BCUT2D eigenvalue weighted by Crippen LogP contribution is 2.22. The van der Waals surface area contributed by atoms with Crippen LogP contribution >= 0.6 is 0 Å². The molecule has 2 heterocycles. The van der Waals surface area contributed by atoms with Gasteiger partial charge >= 0.3 is 0 Å². The highest BCUT2D eigenvalue weighted by Gasteiger charge is 2.37. The molecule has 2 saturated heterocycles. The van der Waals surface area contributed by atoms with Crippen molar-refractivity contribution in [3.8, 4) is 0 Å². The van der Waals surface area contributed by atoms with Crippen molar-refractivity contribution in [3.05, 3.63) is 0 Å². The Labute approximate surface area is 123 Å². The highest BCUT2D eigenvalue weighted by atomic mass is 32.2. The average molecular weight is 304 g/mol. The van der Waals surface area contributed by atoms with Gasteiger partial charge in [-0.15, -0.1) is 0 Å². The van der Waals surface area contributed by atoms with Gasteiger partial charge in [0.15, 0.2) is 0 Å². The summed E-state index contributed by atoms with van der Waals surface area (Å²) in [6.07, 6.45) is 0. The maximum Gasteiger partial charge on any atom is 0.215 e. The third-order valence-electron chi connectivity index (χ3n) is 4.47. The Balaban J connectivity index is 1.87. The Morgan fingerprint density at radius 1 is 1.20 bits per heavy atom. The second-order valence-electron chi connectivity index (χ2n) is 6.23. The second kappa shape index (κ2) is 6.70. The van der Waals surface area contributed by atoms with E-state index in [1.54, 1.807) is 4.31 Å². The molecule has 2 rings (SSSR count). The topological polar surface area (TPSA) is 55.9 Å². The number of nitrogens with one attached hydrogen (secondary N) is 1. The molecule has 0 aromatic heterocycles. The third-order valence-corrected chi connectivity index (χ3v) is 6.25. The van der Waals surface area contributed by atoms with Crippen LogP contribution in [0.25, 0.3) is 0 Å². The van der Waals surface area contributed by atoms with Crippen LogP contribution in [0.2, 0.25) is 0 Å². The standard InChI is InChI=1S/C13H28N4O2S/c1-12-10-17(11-13(12)15(2)3)20(18,19)9-8-16-6-4-14-5-7-16/h12-14H,4-11H2,1-3H3. The van der Waals surface area contributed by atoms with Gasteiger partial charge in [-0.05, 0) is 20.0 Å². The Morgan fingerprint density at radius 2 is 1.85 bits per heavy atom. The van der Waals surface area contributed by atoms with Crippen LogP contribution in [0.5, 0.6) is 0 Å². The molecule has 2 aliphatic heterocycles. The van der Waals surface area contributed by atoms with Crippen molar-refractivity contribution in [2.24, 2.45) is 5.92 Å². The molecule has 0 amide bonds. The molecule has 1 N–H and O–H groups in total. The van der Waals surface area contributed by atoms with E-state index in [9.17, 15) is 8.42 Å². The molecule has 2 unspecified atom stereocenters. The molecular weight excluding hydrogens is 276 g/mol. The number of rotatable bonds is 5. The molecule has 0 aliphatic carbocycles. The summed E-state index contributed by atoms with van der Waals surface area (Å²) in [5.41, 5.74) is 0. The predicted octanol–water partition coefficient (Wildman–Crippen LogP) is -0.897. The van der Waals surface area contributed by atoms with E-state index in [1.807, 2.05) is 14.1 Å². The zero-order chi connectivity index (χ0) is 14.8. The fraction of sp³-hybridized carbons (Fsp3) is 1.00. The first-order chi connectivity index (χ1) is 9.40. The van der Waals surface area contributed by atoms with Crippen molar-refractivity contribution in [1.82, 2.24) is 19.4 Å². The summed E-state index contributed by atoms with van der Waals surface area (Å²) < 4.78 is 26.6. The minimum atomic E-state index is -3.11. The first kappa shape index (κ1) is 16.2. The van der Waals surface area contributed by atoms with Gasteiger partial charge in [0.25, 0.3) is 0 Å². The van der Waals surface area contributed by atoms with Crippen molar-refractivity contribution in [2.75, 3.05) is 65.7 Å². The second-order valence-corrected chi connectivity index (χ2v) is 8.32. The van der Waals surface area contributed by atoms with E-state index in [0.717, 1.165) is 26.2 Å². The van der Waals surface area contributed by atoms with Gasteiger partial charge in [-0.25, -0.2) is 8.42 Å². The van der Waals surface area contributed by atoms with Crippen molar-refractivity contribution in [1.29, 1.82) is 0 Å². The molecule has 20 heavy (non-hydrogen) atoms. The molecule has 0 aromatic carbocycles. The van der Waals surface area contributed by atoms with Gasteiger partial charge in [0.1, 0.15) is 0 Å². The summed E-state index contributed by atoms with van der Waals surface area (Å²) in [6.45, 7) is 7.91. The SMILES string of the molecule is CC1CN(S(=O)(=O)CCN2CCNCC2)CC1N(C)C. The summed E-state index contributed by atoms with van der Waals surface area (Å²) >= 11 is 0. The van der Waals surface area contributed by atoms with Crippen LogP contribution in [0.15, 0.2) is 0 Å². The molecule has 0 spiro atoms. The number of piperazine rings is 1. The quantitative estimate of drug-likeness (QED) is 0.714. The zero-order valence-corrected chi connectivity index (χ0v) is 13.7. The first-order valence-corrected chi connectivity index (χ1v) is 9.08. The van der Waals surface area contributed by atoms with Gasteiger partial charge in [-0.2, -0.15) is 4.31 Å². The molecule has 7 heteroatoms. The fourth-order valence-corrected chi connectivity index (χ4v) is 4.70. The highest BCUT2D eigenvalue weighted by molar-refractivity contribution is 7.89. The zero-order valence-electron chi connectivity index (χ0n) is 12.9. The van der Waals surface area contributed by atoms with Gasteiger partial charge in [0, 0.05) is 51.9 Å². The van der Waals surface area contributed by atoms with Gasteiger partial charge in [-0.3, -0.25) is 4.90 Å². The number of hydrogen-bond donors (Lipinski definition) is 1. The van der Waals surface area contributed by atoms with Gasteiger partial charge in [-0.1, -0.05) is 6.92 Å². The Kier molecular flexibility index (Phi) is 5.42. The van der Waals surface area contributed by atoms with Gasteiger partial charge in [0.05, 0.1) is 5.75 Å². The molecule has 0 bridgehead atoms. The van der Waals surface area contributed by atoms with E-state index in [0.29, 0.717) is 31.6 Å². The van der Waals surface area contributed by atoms with Crippen LogP contribution in [0, 0.1) is 5.92 Å². The summed E-state index contributed by atoms with van der Waals surface area (Å²) in [5, 5.41) is 3.28. The van der Waals surface area contributed by atoms with Crippen molar-refractivity contribution in [3.63, 3.8) is 0 Å². The first-order valence-electron chi connectivity index (χ1n) is 7.47. The van der Waals surface area contributed by atoms with Crippen LogP contribution < -0.4 is 5.32 Å². The third kappa shape index (κ3) is 3.92. The van der Waals surface area contributed by atoms with E-state index in [-0.39, 0.29) is 5.75 Å². The molecule has 118 valence electrons.